The first-order valence-electron chi connectivity index (χ1n) is 4.31. The first-order valence-corrected chi connectivity index (χ1v) is 4.31. The molecule has 0 radical (unpaired) electrons. The average Bonchev–Trinajstić information content (AvgIpc) is 2.16. The highest BCUT2D eigenvalue weighted by atomic mass is 19.1. The van der Waals surface area contributed by atoms with Crippen LogP contribution in [-0.2, 0) is 4.79 Å². The van der Waals surface area contributed by atoms with Crippen molar-refractivity contribution in [1.82, 2.24) is 0 Å². The Kier molecular flexibility index (Phi) is 3.49. The summed E-state index contributed by atoms with van der Waals surface area (Å²) in [7, 11) is 2.95. The number of hydrogen-bond acceptors (Lipinski definition) is 3. The third-order valence-electron chi connectivity index (χ3n) is 1.95. The number of likely N-dealkylation sites (N-methyl/N-ethyl adjacent to an activating group) is 1. The molecule has 0 heterocycles. The summed E-state index contributed by atoms with van der Waals surface area (Å²) in [4.78, 5) is 11.9. The lowest BCUT2D eigenvalue weighted by Gasteiger charge is -2.17. The molecule has 0 amide bonds. The zero-order chi connectivity index (χ0) is 11.4. The van der Waals surface area contributed by atoms with Crippen molar-refractivity contribution in [2.24, 2.45) is 0 Å². The van der Waals surface area contributed by atoms with Crippen LogP contribution in [-0.4, -0.2) is 31.8 Å². The predicted octanol–water partition coefficient (Wildman–Crippen LogP) is 1.36. The van der Waals surface area contributed by atoms with E-state index in [9.17, 15) is 9.18 Å². The van der Waals surface area contributed by atoms with Gasteiger partial charge in [-0.3, -0.25) is 4.79 Å². The van der Waals surface area contributed by atoms with Crippen LogP contribution in [0.3, 0.4) is 0 Å². The molecule has 1 N–H and O–H groups in total. The summed E-state index contributed by atoms with van der Waals surface area (Å²) in [6.07, 6.45) is 0. The van der Waals surface area contributed by atoms with Gasteiger partial charge in [-0.2, -0.15) is 0 Å². The standard InChI is InChI=1S/C10H12FNO3/c1-12(6-10(13)14)7-3-4-9(15-2)8(11)5-7/h3-5H,6H2,1-2H3,(H,13,14). The number of aliphatic carboxylic acids is 1. The van der Waals surface area contributed by atoms with Crippen LogP contribution in [0.25, 0.3) is 0 Å². The molecule has 0 aliphatic carbocycles. The van der Waals surface area contributed by atoms with E-state index in [4.69, 9.17) is 9.84 Å². The van der Waals surface area contributed by atoms with Gasteiger partial charge in [0.05, 0.1) is 7.11 Å². The van der Waals surface area contributed by atoms with E-state index in [0.717, 1.165) is 0 Å². The van der Waals surface area contributed by atoms with Crippen LogP contribution in [0.1, 0.15) is 0 Å². The summed E-state index contributed by atoms with van der Waals surface area (Å²) in [5.74, 6) is -1.33. The second kappa shape index (κ2) is 4.63. The fourth-order valence-corrected chi connectivity index (χ4v) is 1.19. The molecule has 1 rings (SSSR count). The molecule has 82 valence electrons. The van der Waals surface area contributed by atoms with Gasteiger partial charge in [0.1, 0.15) is 6.54 Å². The van der Waals surface area contributed by atoms with Crippen molar-refractivity contribution in [3.63, 3.8) is 0 Å². The quantitative estimate of drug-likeness (QED) is 0.820. The van der Waals surface area contributed by atoms with Crippen LogP contribution in [0.5, 0.6) is 5.75 Å². The summed E-state index contributed by atoms with van der Waals surface area (Å²) in [5, 5.41) is 8.56. The van der Waals surface area contributed by atoms with Crippen molar-refractivity contribution in [2.75, 3.05) is 25.6 Å². The number of methoxy groups -OCH3 is 1. The molecule has 5 heteroatoms. The van der Waals surface area contributed by atoms with E-state index in [-0.39, 0.29) is 12.3 Å². The minimum Gasteiger partial charge on any atom is -0.494 e. The molecule has 0 aromatic heterocycles. The summed E-state index contributed by atoms with van der Waals surface area (Å²) < 4.78 is 18.0. The molecule has 1 aromatic carbocycles. The largest absolute Gasteiger partial charge is 0.494 e. The monoisotopic (exact) mass is 213 g/mol. The highest BCUT2D eigenvalue weighted by Crippen LogP contribution is 2.22. The van der Waals surface area contributed by atoms with Crippen molar-refractivity contribution >= 4 is 11.7 Å². The second-order valence-corrected chi connectivity index (χ2v) is 3.07. The van der Waals surface area contributed by atoms with Crippen molar-refractivity contribution in [1.29, 1.82) is 0 Å². The van der Waals surface area contributed by atoms with Crippen LogP contribution < -0.4 is 9.64 Å². The average molecular weight is 213 g/mol. The SMILES string of the molecule is COc1ccc(N(C)CC(=O)O)cc1F. The molecule has 0 spiro atoms. The molecule has 0 bridgehead atoms. The van der Waals surface area contributed by atoms with Gasteiger partial charge in [0, 0.05) is 18.8 Å². The molecular formula is C10H12FNO3. The molecule has 0 saturated carbocycles. The van der Waals surface area contributed by atoms with Gasteiger partial charge in [0.15, 0.2) is 11.6 Å². The van der Waals surface area contributed by atoms with Crippen LogP contribution in [0.4, 0.5) is 10.1 Å². The summed E-state index contributed by atoms with van der Waals surface area (Å²) in [6.45, 7) is -0.175. The number of hydrogen-bond donors (Lipinski definition) is 1. The number of ether oxygens (including phenoxy) is 1. The number of nitrogens with zero attached hydrogens (tertiary/aromatic N) is 1. The number of rotatable bonds is 4. The molecule has 0 fully saturated rings. The van der Waals surface area contributed by atoms with Gasteiger partial charge in [0.25, 0.3) is 0 Å². The zero-order valence-electron chi connectivity index (χ0n) is 8.53. The van der Waals surface area contributed by atoms with Crippen LogP contribution in [0.2, 0.25) is 0 Å². The maximum atomic E-state index is 13.2. The highest BCUT2D eigenvalue weighted by molar-refractivity contribution is 5.73. The normalized spacial score (nSPS) is 9.80. The molecule has 1 aromatic rings. The smallest absolute Gasteiger partial charge is 0.323 e. The van der Waals surface area contributed by atoms with Gasteiger partial charge in [-0.05, 0) is 12.1 Å². The van der Waals surface area contributed by atoms with Crippen molar-refractivity contribution in [3.8, 4) is 5.75 Å². The third-order valence-corrected chi connectivity index (χ3v) is 1.95. The van der Waals surface area contributed by atoms with E-state index in [1.165, 1.54) is 24.1 Å². The molecule has 0 unspecified atom stereocenters. The number of carbonyl (C=O) groups is 1. The van der Waals surface area contributed by atoms with E-state index >= 15 is 0 Å². The number of benzene rings is 1. The Morgan fingerprint density at radius 2 is 2.27 bits per heavy atom. The minimum atomic E-state index is -0.964. The number of halogens is 1. The van der Waals surface area contributed by atoms with Gasteiger partial charge in [-0.25, -0.2) is 4.39 Å². The molecule has 4 nitrogen and oxygen atoms in total. The van der Waals surface area contributed by atoms with Gasteiger partial charge in [-0.15, -0.1) is 0 Å². The van der Waals surface area contributed by atoms with Gasteiger partial charge >= 0.3 is 5.97 Å². The molecule has 0 saturated heterocycles. The molecule has 15 heavy (non-hydrogen) atoms. The topological polar surface area (TPSA) is 49.8 Å². The number of carboxylic acids is 1. The van der Waals surface area contributed by atoms with Gasteiger partial charge in [-0.1, -0.05) is 0 Å². The summed E-state index contributed by atoms with van der Waals surface area (Å²) >= 11 is 0. The lowest BCUT2D eigenvalue weighted by molar-refractivity contribution is -0.135. The molecule has 0 aliphatic heterocycles. The van der Waals surface area contributed by atoms with Crippen LogP contribution in [0, 0.1) is 5.82 Å². The summed E-state index contributed by atoms with van der Waals surface area (Å²) in [5.41, 5.74) is 0.496. The number of carboxylic acid groups (broad SMARTS) is 1. The Labute approximate surface area is 86.9 Å². The van der Waals surface area contributed by atoms with Crippen LogP contribution in [0.15, 0.2) is 18.2 Å². The van der Waals surface area contributed by atoms with E-state index in [2.05, 4.69) is 0 Å². The van der Waals surface area contributed by atoms with Crippen molar-refractivity contribution in [3.05, 3.63) is 24.0 Å². The zero-order valence-corrected chi connectivity index (χ0v) is 8.53. The summed E-state index contributed by atoms with van der Waals surface area (Å²) in [6, 6.07) is 4.30. The fraction of sp³-hybridized carbons (Fsp3) is 0.300. The Morgan fingerprint density at radius 3 is 2.73 bits per heavy atom. The Balaban J connectivity index is 2.87. The lowest BCUT2D eigenvalue weighted by atomic mass is 10.2. The van der Waals surface area contributed by atoms with E-state index in [1.807, 2.05) is 0 Å². The third kappa shape index (κ3) is 2.83. The molecular weight excluding hydrogens is 201 g/mol. The Bertz CT molecular complexity index is 368. The lowest BCUT2D eigenvalue weighted by Crippen LogP contribution is -2.25. The minimum absolute atomic E-state index is 0.141. The Hall–Kier alpha value is -1.78. The first kappa shape index (κ1) is 11.3. The van der Waals surface area contributed by atoms with E-state index in [1.54, 1.807) is 13.1 Å². The van der Waals surface area contributed by atoms with Crippen molar-refractivity contribution < 1.29 is 19.0 Å². The van der Waals surface area contributed by atoms with Gasteiger partial charge in [0.2, 0.25) is 0 Å². The predicted molar refractivity (Wildman–Crippen MR) is 53.9 cm³/mol. The molecule has 0 aliphatic rings. The number of anilines is 1. The van der Waals surface area contributed by atoms with E-state index in [0.29, 0.717) is 5.69 Å². The molecule has 0 atom stereocenters. The maximum absolute atomic E-state index is 13.2. The maximum Gasteiger partial charge on any atom is 0.323 e. The van der Waals surface area contributed by atoms with Crippen molar-refractivity contribution in [2.45, 2.75) is 0 Å². The first-order chi connectivity index (χ1) is 7.04. The Morgan fingerprint density at radius 1 is 1.60 bits per heavy atom. The fourth-order valence-electron chi connectivity index (χ4n) is 1.19. The van der Waals surface area contributed by atoms with Crippen LogP contribution >= 0.6 is 0 Å². The second-order valence-electron chi connectivity index (χ2n) is 3.07. The highest BCUT2D eigenvalue weighted by Gasteiger charge is 2.09. The van der Waals surface area contributed by atoms with Gasteiger partial charge < -0.3 is 14.7 Å². The van der Waals surface area contributed by atoms with E-state index < -0.39 is 11.8 Å².